The second kappa shape index (κ2) is 6.14. The first kappa shape index (κ1) is 11.6. The number of nitrogens with one attached hydrogen (secondary N) is 1. The van der Waals surface area contributed by atoms with Gasteiger partial charge in [0.05, 0.1) is 12.7 Å². The summed E-state index contributed by atoms with van der Waals surface area (Å²) in [6.45, 7) is 6.14. The van der Waals surface area contributed by atoms with Gasteiger partial charge in [-0.1, -0.05) is 0 Å². The van der Waals surface area contributed by atoms with Crippen LogP contribution in [0.15, 0.2) is 0 Å². The molecular weight excluding hydrogens is 194 g/mol. The molecule has 0 radical (unpaired) electrons. The lowest BCUT2D eigenvalue weighted by atomic mass is 10.5. The molecule has 70 valence electrons. The third-order valence-corrected chi connectivity index (χ3v) is 1.24. The SMILES string of the molecule is CCOC(=S)NC(=S)OC(C)C. The molecule has 0 aliphatic rings. The van der Waals surface area contributed by atoms with Crippen LogP contribution in [0, 0.1) is 0 Å². The Labute approximate surface area is 83.4 Å². The summed E-state index contributed by atoms with van der Waals surface area (Å²) in [6.07, 6.45) is 0.0504. The largest absolute Gasteiger partial charge is 0.471 e. The Balaban J connectivity index is 3.62. The van der Waals surface area contributed by atoms with Gasteiger partial charge in [-0.3, -0.25) is 5.32 Å². The summed E-state index contributed by atoms with van der Waals surface area (Å²) < 4.78 is 10.1. The topological polar surface area (TPSA) is 30.5 Å². The van der Waals surface area contributed by atoms with E-state index in [1.54, 1.807) is 0 Å². The summed E-state index contributed by atoms with van der Waals surface area (Å²) in [6, 6.07) is 0. The van der Waals surface area contributed by atoms with Gasteiger partial charge in [-0.05, 0) is 45.2 Å². The van der Waals surface area contributed by atoms with Crippen molar-refractivity contribution in [2.75, 3.05) is 6.61 Å². The Kier molecular flexibility index (Phi) is 5.92. The maximum atomic E-state index is 5.12. The van der Waals surface area contributed by atoms with Crippen LogP contribution in [0.3, 0.4) is 0 Å². The molecular formula is C7H13NO2S2. The average Bonchev–Trinajstić information content (AvgIpc) is 1.84. The first-order valence-corrected chi connectivity index (χ1v) is 4.52. The number of hydrogen-bond donors (Lipinski definition) is 1. The number of rotatable bonds is 2. The van der Waals surface area contributed by atoms with E-state index in [1.165, 1.54) is 0 Å². The van der Waals surface area contributed by atoms with E-state index in [0.29, 0.717) is 6.61 Å². The van der Waals surface area contributed by atoms with Crippen LogP contribution < -0.4 is 5.32 Å². The maximum absolute atomic E-state index is 5.12. The van der Waals surface area contributed by atoms with Gasteiger partial charge in [0, 0.05) is 0 Å². The standard InChI is InChI=1S/C7H13NO2S2/c1-4-9-6(11)8-7(12)10-5(2)3/h5H,4H2,1-3H3,(H,8,11,12). The van der Waals surface area contributed by atoms with Crippen LogP contribution in [0.5, 0.6) is 0 Å². The quantitative estimate of drug-likeness (QED) is 0.695. The van der Waals surface area contributed by atoms with Crippen molar-refractivity contribution in [3.8, 4) is 0 Å². The highest BCUT2D eigenvalue weighted by Gasteiger charge is 2.02. The molecule has 0 saturated carbocycles. The van der Waals surface area contributed by atoms with Crippen molar-refractivity contribution in [3.63, 3.8) is 0 Å². The summed E-state index contributed by atoms with van der Waals surface area (Å²) in [5.41, 5.74) is 0. The Bertz CT molecular complexity index is 171. The van der Waals surface area contributed by atoms with Crippen molar-refractivity contribution in [1.29, 1.82) is 0 Å². The second-order valence-corrected chi connectivity index (χ2v) is 3.04. The van der Waals surface area contributed by atoms with E-state index in [1.807, 2.05) is 20.8 Å². The first-order chi connectivity index (χ1) is 5.56. The van der Waals surface area contributed by atoms with E-state index in [2.05, 4.69) is 5.32 Å². The van der Waals surface area contributed by atoms with Gasteiger partial charge < -0.3 is 9.47 Å². The highest BCUT2D eigenvalue weighted by Crippen LogP contribution is 1.89. The first-order valence-electron chi connectivity index (χ1n) is 3.70. The zero-order chi connectivity index (χ0) is 9.56. The van der Waals surface area contributed by atoms with E-state index < -0.39 is 0 Å². The average molecular weight is 207 g/mol. The summed E-state index contributed by atoms with van der Waals surface area (Å²) in [7, 11) is 0. The molecule has 0 unspecified atom stereocenters. The molecule has 0 fully saturated rings. The minimum atomic E-state index is 0.0504. The summed E-state index contributed by atoms with van der Waals surface area (Å²) in [4.78, 5) is 0. The third kappa shape index (κ3) is 6.30. The number of thiocarbonyl (C=S) groups is 2. The Hall–Kier alpha value is -0.420. The molecule has 0 aromatic rings. The van der Waals surface area contributed by atoms with E-state index in [4.69, 9.17) is 33.9 Å². The highest BCUT2D eigenvalue weighted by atomic mass is 32.1. The molecule has 0 spiro atoms. The minimum absolute atomic E-state index is 0.0504. The van der Waals surface area contributed by atoms with Gasteiger partial charge in [0.1, 0.15) is 0 Å². The smallest absolute Gasteiger partial charge is 0.264 e. The fourth-order valence-corrected chi connectivity index (χ4v) is 1.05. The molecule has 1 N–H and O–H groups in total. The summed E-state index contributed by atoms with van der Waals surface area (Å²) in [5, 5.41) is 3.14. The molecule has 12 heavy (non-hydrogen) atoms. The summed E-state index contributed by atoms with van der Waals surface area (Å²) in [5.74, 6) is 0. The second-order valence-electron chi connectivity index (χ2n) is 2.30. The Morgan fingerprint density at radius 2 is 1.92 bits per heavy atom. The summed E-state index contributed by atoms with van der Waals surface area (Å²) >= 11 is 9.60. The highest BCUT2D eigenvalue weighted by molar-refractivity contribution is 7.81. The van der Waals surface area contributed by atoms with Crippen LogP contribution in [0.2, 0.25) is 0 Å². The molecule has 0 saturated heterocycles. The Morgan fingerprint density at radius 3 is 2.33 bits per heavy atom. The molecule has 0 aliphatic carbocycles. The van der Waals surface area contributed by atoms with Crippen LogP contribution in [-0.2, 0) is 9.47 Å². The predicted octanol–water partition coefficient (Wildman–Crippen LogP) is 1.61. The molecule has 0 rings (SSSR count). The maximum Gasteiger partial charge on any atom is 0.264 e. The molecule has 0 aliphatic heterocycles. The molecule has 0 amide bonds. The fraction of sp³-hybridized carbons (Fsp3) is 0.714. The zero-order valence-corrected chi connectivity index (χ0v) is 9.05. The van der Waals surface area contributed by atoms with Gasteiger partial charge in [0.15, 0.2) is 0 Å². The third-order valence-electron chi connectivity index (χ3n) is 0.822. The van der Waals surface area contributed by atoms with E-state index >= 15 is 0 Å². The molecule has 0 atom stereocenters. The lowest BCUT2D eigenvalue weighted by Gasteiger charge is -2.12. The van der Waals surface area contributed by atoms with Crippen molar-refractivity contribution in [2.24, 2.45) is 0 Å². The molecule has 5 heteroatoms. The van der Waals surface area contributed by atoms with Crippen molar-refractivity contribution < 1.29 is 9.47 Å². The lowest BCUT2D eigenvalue weighted by molar-refractivity contribution is 0.225. The van der Waals surface area contributed by atoms with Crippen LogP contribution in [0.1, 0.15) is 20.8 Å². The van der Waals surface area contributed by atoms with Crippen molar-refractivity contribution in [1.82, 2.24) is 5.32 Å². The van der Waals surface area contributed by atoms with Gasteiger partial charge in [-0.25, -0.2) is 0 Å². The van der Waals surface area contributed by atoms with Crippen LogP contribution in [0.4, 0.5) is 0 Å². The van der Waals surface area contributed by atoms with Crippen LogP contribution >= 0.6 is 24.4 Å². The normalized spacial score (nSPS) is 9.33. The van der Waals surface area contributed by atoms with Crippen molar-refractivity contribution in [2.45, 2.75) is 26.9 Å². The molecule has 0 aromatic carbocycles. The van der Waals surface area contributed by atoms with Gasteiger partial charge in [-0.2, -0.15) is 0 Å². The van der Waals surface area contributed by atoms with Crippen molar-refractivity contribution >= 4 is 34.8 Å². The van der Waals surface area contributed by atoms with Gasteiger partial charge in [0.25, 0.3) is 10.3 Å². The van der Waals surface area contributed by atoms with Crippen molar-refractivity contribution in [3.05, 3.63) is 0 Å². The van der Waals surface area contributed by atoms with Gasteiger partial charge >= 0.3 is 0 Å². The Morgan fingerprint density at radius 1 is 1.33 bits per heavy atom. The van der Waals surface area contributed by atoms with Crippen LogP contribution in [0.25, 0.3) is 0 Å². The lowest BCUT2D eigenvalue weighted by Crippen LogP contribution is -2.32. The fourth-order valence-electron chi connectivity index (χ4n) is 0.494. The zero-order valence-electron chi connectivity index (χ0n) is 7.42. The molecule has 0 bridgehead atoms. The van der Waals surface area contributed by atoms with E-state index in [9.17, 15) is 0 Å². The van der Waals surface area contributed by atoms with Gasteiger partial charge in [0.2, 0.25) is 0 Å². The number of ether oxygens (including phenoxy) is 2. The number of hydrogen-bond acceptors (Lipinski definition) is 4. The van der Waals surface area contributed by atoms with E-state index in [0.717, 1.165) is 0 Å². The predicted molar refractivity (Wildman–Crippen MR) is 56.2 cm³/mol. The monoisotopic (exact) mass is 207 g/mol. The minimum Gasteiger partial charge on any atom is -0.471 e. The molecule has 0 heterocycles. The van der Waals surface area contributed by atoms with Crippen LogP contribution in [-0.4, -0.2) is 23.1 Å². The van der Waals surface area contributed by atoms with E-state index in [-0.39, 0.29) is 16.5 Å². The molecule has 0 aromatic heterocycles. The molecule has 3 nitrogen and oxygen atoms in total. The van der Waals surface area contributed by atoms with Gasteiger partial charge in [-0.15, -0.1) is 0 Å².